The molecular weight excluding hydrogens is 410 g/mol. The van der Waals surface area contributed by atoms with E-state index in [-0.39, 0.29) is 28.3 Å². The van der Waals surface area contributed by atoms with Crippen LogP contribution in [0.15, 0.2) is 65.3 Å². The summed E-state index contributed by atoms with van der Waals surface area (Å²) < 4.78 is 10.1. The summed E-state index contributed by atoms with van der Waals surface area (Å²) in [5, 5.41) is 14.5. The SMILES string of the molecule is N#Cc1ccc(Cl)cc1NC(=O)COC(=O)c1ccccc1NC(=O)c1ccco1. The lowest BCUT2D eigenvalue weighted by molar-refractivity contribution is -0.119. The highest BCUT2D eigenvalue weighted by Gasteiger charge is 2.18. The summed E-state index contributed by atoms with van der Waals surface area (Å²) in [7, 11) is 0. The van der Waals surface area contributed by atoms with Gasteiger partial charge in [0.2, 0.25) is 0 Å². The normalized spacial score (nSPS) is 10.0. The summed E-state index contributed by atoms with van der Waals surface area (Å²) in [4.78, 5) is 36.7. The summed E-state index contributed by atoms with van der Waals surface area (Å²) in [6.07, 6.45) is 1.35. The fraction of sp³-hybridized carbons (Fsp3) is 0.0476. The zero-order chi connectivity index (χ0) is 21.5. The van der Waals surface area contributed by atoms with Crippen molar-refractivity contribution in [2.45, 2.75) is 0 Å². The number of para-hydroxylation sites is 1. The van der Waals surface area contributed by atoms with E-state index in [1.165, 1.54) is 42.7 Å². The van der Waals surface area contributed by atoms with Crippen LogP contribution in [-0.2, 0) is 9.53 Å². The van der Waals surface area contributed by atoms with Crippen LogP contribution in [0.4, 0.5) is 11.4 Å². The molecular formula is C21H14ClN3O5. The van der Waals surface area contributed by atoms with Crippen molar-refractivity contribution in [3.8, 4) is 6.07 Å². The van der Waals surface area contributed by atoms with Crippen molar-refractivity contribution >= 4 is 40.8 Å². The summed E-state index contributed by atoms with van der Waals surface area (Å²) in [6, 6.07) is 15.5. The van der Waals surface area contributed by atoms with E-state index in [2.05, 4.69) is 10.6 Å². The maximum Gasteiger partial charge on any atom is 0.340 e. The minimum atomic E-state index is -0.813. The summed E-state index contributed by atoms with van der Waals surface area (Å²) in [6.45, 7) is -0.601. The molecule has 0 aliphatic carbocycles. The Bertz CT molecular complexity index is 1140. The number of furan rings is 1. The number of nitrogens with one attached hydrogen (secondary N) is 2. The fourth-order valence-electron chi connectivity index (χ4n) is 2.47. The standard InChI is InChI=1S/C21H14ClN3O5/c22-14-8-7-13(11-23)17(10-14)24-19(26)12-30-21(28)15-4-1-2-5-16(15)25-20(27)18-6-3-9-29-18/h1-10H,12H2,(H,24,26)(H,25,27). The first-order chi connectivity index (χ1) is 14.5. The van der Waals surface area contributed by atoms with Gasteiger partial charge in [0.25, 0.3) is 11.8 Å². The van der Waals surface area contributed by atoms with Crippen molar-refractivity contribution < 1.29 is 23.5 Å². The van der Waals surface area contributed by atoms with Gasteiger partial charge in [-0.1, -0.05) is 23.7 Å². The van der Waals surface area contributed by atoms with Crippen molar-refractivity contribution in [2.75, 3.05) is 17.2 Å². The molecule has 1 heterocycles. The van der Waals surface area contributed by atoms with Gasteiger partial charge in [0.1, 0.15) is 6.07 Å². The van der Waals surface area contributed by atoms with Crippen LogP contribution in [0, 0.1) is 11.3 Å². The second-order valence-corrected chi connectivity index (χ2v) is 6.34. The lowest BCUT2D eigenvalue weighted by Crippen LogP contribution is -2.22. The molecule has 0 atom stereocenters. The van der Waals surface area contributed by atoms with Crippen LogP contribution >= 0.6 is 11.6 Å². The third-order valence-electron chi connectivity index (χ3n) is 3.85. The van der Waals surface area contributed by atoms with Gasteiger partial charge in [0, 0.05) is 5.02 Å². The van der Waals surface area contributed by atoms with Crippen LogP contribution < -0.4 is 10.6 Å². The number of hydrogen-bond acceptors (Lipinski definition) is 6. The van der Waals surface area contributed by atoms with E-state index in [4.69, 9.17) is 26.0 Å². The number of hydrogen-bond donors (Lipinski definition) is 2. The molecule has 0 spiro atoms. The first-order valence-electron chi connectivity index (χ1n) is 8.58. The molecule has 3 rings (SSSR count). The number of rotatable bonds is 6. The van der Waals surface area contributed by atoms with E-state index >= 15 is 0 Å². The number of ether oxygens (including phenoxy) is 1. The average Bonchev–Trinajstić information content (AvgIpc) is 3.28. The monoisotopic (exact) mass is 423 g/mol. The summed E-state index contributed by atoms with van der Waals surface area (Å²) in [5.41, 5.74) is 0.679. The highest BCUT2D eigenvalue weighted by atomic mass is 35.5. The van der Waals surface area contributed by atoms with Gasteiger partial charge in [-0.05, 0) is 42.5 Å². The lowest BCUT2D eigenvalue weighted by atomic mass is 10.1. The van der Waals surface area contributed by atoms with Crippen molar-refractivity contribution in [1.82, 2.24) is 0 Å². The zero-order valence-corrected chi connectivity index (χ0v) is 16.1. The quantitative estimate of drug-likeness (QED) is 0.581. The molecule has 150 valence electrons. The number of carbonyl (C=O) groups is 3. The molecule has 3 aromatic rings. The predicted octanol–water partition coefficient (Wildman–Crippen LogP) is 3.85. The van der Waals surface area contributed by atoms with E-state index < -0.39 is 24.4 Å². The highest BCUT2D eigenvalue weighted by Crippen LogP contribution is 2.21. The molecule has 0 unspecified atom stereocenters. The number of esters is 1. The predicted molar refractivity (Wildman–Crippen MR) is 108 cm³/mol. The van der Waals surface area contributed by atoms with Gasteiger partial charge in [-0.2, -0.15) is 5.26 Å². The van der Waals surface area contributed by atoms with Gasteiger partial charge in [-0.15, -0.1) is 0 Å². The first-order valence-corrected chi connectivity index (χ1v) is 8.96. The molecule has 9 heteroatoms. The number of carbonyl (C=O) groups excluding carboxylic acids is 3. The smallest absolute Gasteiger partial charge is 0.340 e. The molecule has 1 aromatic heterocycles. The molecule has 8 nitrogen and oxygen atoms in total. The topological polar surface area (TPSA) is 121 Å². The van der Waals surface area contributed by atoms with E-state index in [1.807, 2.05) is 6.07 Å². The highest BCUT2D eigenvalue weighted by molar-refractivity contribution is 6.31. The molecule has 2 N–H and O–H groups in total. The van der Waals surface area contributed by atoms with Gasteiger partial charge < -0.3 is 19.8 Å². The van der Waals surface area contributed by atoms with Crippen LogP contribution in [0.5, 0.6) is 0 Å². The first kappa shape index (κ1) is 20.6. The maximum absolute atomic E-state index is 12.4. The molecule has 0 aliphatic rings. The van der Waals surface area contributed by atoms with E-state index in [0.717, 1.165) is 0 Å². The number of amides is 2. The Morgan fingerprint density at radius 2 is 1.83 bits per heavy atom. The Morgan fingerprint density at radius 3 is 2.57 bits per heavy atom. The van der Waals surface area contributed by atoms with Crippen LogP contribution in [-0.4, -0.2) is 24.4 Å². The molecule has 0 radical (unpaired) electrons. The van der Waals surface area contributed by atoms with Gasteiger partial charge >= 0.3 is 5.97 Å². The van der Waals surface area contributed by atoms with Crippen molar-refractivity contribution in [3.05, 3.63) is 82.8 Å². The molecule has 30 heavy (non-hydrogen) atoms. The molecule has 0 fully saturated rings. The zero-order valence-electron chi connectivity index (χ0n) is 15.3. The minimum Gasteiger partial charge on any atom is -0.459 e. The number of benzene rings is 2. The number of nitriles is 1. The Kier molecular flexibility index (Phi) is 6.47. The Morgan fingerprint density at radius 1 is 1.03 bits per heavy atom. The van der Waals surface area contributed by atoms with Crippen LogP contribution in [0.3, 0.4) is 0 Å². The number of anilines is 2. The van der Waals surface area contributed by atoms with Crippen LogP contribution in [0.2, 0.25) is 5.02 Å². The molecule has 2 aromatic carbocycles. The van der Waals surface area contributed by atoms with Gasteiger partial charge in [0.05, 0.1) is 28.8 Å². The molecule has 2 amide bonds. The Labute approximate surface area is 176 Å². The second-order valence-electron chi connectivity index (χ2n) is 5.90. The lowest BCUT2D eigenvalue weighted by Gasteiger charge is -2.11. The van der Waals surface area contributed by atoms with Crippen LogP contribution in [0.25, 0.3) is 0 Å². The fourth-order valence-corrected chi connectivity index (χ4v) is 2.65. The minimum absolute atomic E-state index is 0.0608. The summed E-state index contributed by atoms with van der Waals surface area (Å²) in [5.74, 6) is -1.93. The average molecular weight is 424 g/mol. The Hall–Kier alpha value is -4.09. The largest absolute Gasteiger partial charge is 0.459 e. The van der Waals surface area contributed by atoms with E-state index in [0.29, 0.717) is 5.02 Å². The number of nitrogens with zero attached hydrogens (tertiary/aromatic N) is 1. The number of halogens is 1. The summed E-state index contributed by atoms with van der Waals surface area (Å²) >= 11 is 5.87. The second kappa shape index (κ2) is 9.41. The van der Waals surface area contributed by atoms with Crippen molar-refractivity contribution in [1.29, 1.82) is 5.26 Å². The molecule has 0 saturated carbocycles. The Balaban J connectivity index is 1.64. The molecule has 0 bridgehead atoms. The van der Waals surface area contributed by atoms with Crippen molar-refractivity contribution in [2.24, 2.45) is 0 Å². The van der Waals surface area contributed by atoms with E-state index in [1.54, 1.807) is 18.2 Å². The maximum atomic E-state index is 12.4. The molecule has 0 saturated heterocycles. The van der Waals surface area contributed by atoms with Gasteiger partial charge in [-0.3, -0.25) is 9.59 Å². The molecule has 0 aliphatic heterocycles. The third kappa shape index (κ3) is 5.04. The van der Waals surface area contributed by atoms with E-state index in [9.17, 15) is 14.4 Å². The van der Waals surface area contributed by atoms with Crippen molar-refractivity contribution in [3.63, 3.8) is 0 Å². The third-order valence-corrected chi connectivity index (χ3v) is 4.09. The van der Waals surface area contributed by atoms with Crippen LogP contribution in [0.1, 0.15) is 26.5 Å². The van der Waals surface area contributed by atoms with Gasteiger partial charge in [-0.25, -0.2) is 4.79 Å². The van der Waals surface area contributed by atoms with Gasteiger partial charge in [0.15, 0.2) is 12.4 Å².